The summed E-state index contributed by atoms with van der Waals surface area (Å²) >= 11 is 0. The van der Waals surface area contributed by atoms with Gasteiger partial charge in [-0.25, -0.2) is 0 Å². The summed E-state index contributed by atoms with van der Waals surface area (Å²) in [6.45, 7) is 3.75. The van der Waals surface area contributed by atoms with Crippen molar-refractivity contribution >= 4 is 11.6 Å². The van der Waals surface area contributed by atoms with Crippen molar-refractivity contribution in [3.63, 3.8) is 0 Å². The number of ether oxygens (including phenoxy) is 3. The molecule has 1 rings (SSSR count). The number of methoxy groups -OCH3 is 2. The lowest BCUT2D eigenvalue weighted by atomic mass is 10.1. The number of nitrogens with two attached hydrogens (primary N) is 1. The van der Waals surface area contributed by atoms with Crippen LogP contribution in [-0.4, -0.2) is 39.9 Å². The summed E-state index contributed by atoms with van der Waals surface area (Å²) in [4.78, 5) is 12.1. The predicted molar refractivity (Wildman–Crippen MR) is 77.4 cm³/mol. The van der Waals surface area contributed by atoms with Crippen LogP contribution in [0.4, 0.5) is 5.69 Å². The van der Waals surface area contributed by atoms with Crippen molar-refractivity contribution in [2.24, 2.45) is 0 Å². The second kappa shape index (κ2) is 8.27. The number of benzene rings is 1. The van der Waals surface area contributed by atoms with E-state index in [2.05, 4.69) is 5.32 Å². The Hall–Kier alpha value is -1.95. The highest BCUT2D eigenvalue weighted by atomic mass is 16.5. The Morgan fingerprint density at radius 1 is 1.30 bits per heavy atom. The Bertz CT molecular complexity index is 449. The molecule has 6 heteroatoms. The van der Waals surface area contributed by atoms with Crippen LogP contribution in [0, 0.1) is 0 Å². The van der Waals surface area contributed by atoms with Crippen LogP contribution >= 0.6 is 0 Å². The fourth-order valence-corrected chi connectivity index (χ4v) is 1.69. The summed E-state index contributed by atoms with van der Waals surface area (Å²) < 4.78 is 15.5. The second-order valence-corrected chi connectivity index (χ2v) is 4.10. The summed E-state index contributed by atoms with van der Waals surface area (Å²) in [6.07, 6.45) is 0.751. The smallest absolute Gasteiger partial charge is 0.253 e. The lowest BCUT2D eigenvalue weighted by Gasteiger charge is -2.12. The number of amides is 1. The highest BCUT2D eigenvalue weighted by Crippen LogP contribution is 2.30. The zero-order chi connectivity index (χ0) is 15.0. The van der Waals surface area contributed by atoms with Gasteiger partial charge in [0.1, 0.15) is 11.5 Å². The van der Waals surface area contributed by atoms with Crippen LogP contribution in [0.25, 0.3) is 0 Å². The first-order valence-corrected chi connectivity index (χ1v) is 6.51. The quantitative estimate of drug-likeness (QED) is 0.557. The van der Waals surface area contributed by atoms with E-state index < -0.39 is 0 Å². The molecule has 0 spiro atoms. The molecule has 1 amide bonds. The Balaban J connectivity index is 2.71. The summed E-state index contributed by atoms with van der Waals surface area (Å²) in [7, 11) is 3.02. The lowest BCUT2D eigenvalue weighted by Crippen LogP contribution is -2.26. The summed E-state index contributed by atoms with van der Waals surface area (Å²) in [5, 5.41) is 2.79. The van der Waals surface area contributed by atoms with Gasteiger partial charge in [-0.1, -0.05) is 0 Å². The van der Waals surface area contributed by atoms with Crippen LogP contribution in [0.5, 0.6) is 11.5 Å². The third-order valence-electron chi connectivity index (χ3n) is 2.77. The van der Waals surface area contributed by atoms with E-state index >= 15 is 0 Å². The van der Waals surface area contributed by atoms with Crippen LogP contribution in [0.15, 0.2) is 12.1 Å². The Morgan fingerprint density at radius 2 is 2.05 bits per heavy atom. The number of carbonyl (C=O) groups excluding carboxylic acids is 1. The summed E-state index contributed by atoms with van der Waals surface area (Å²) in [5.74, 6) is 0.690. The van der Waals surface area contributed by atoms with Gasteiger partial charge in [-0.05, 0) is 19.4 Å². The third-order valence-corrected chi connectivity index (χ3v) is 2.77. The van der Waals surface area contributed by atoms with E-state index in [9.17, 15) is 4.79 Å². The second-order valence-electron chi connectivity index (χ2n) is 4.10. The normalized spacial score (nSPS) is 10.2. The van der Waals surface area contributed by atoms with E-state index in [4.69, 9.17) is 19.9 Å². The highest BCUT2D eigenvalue weighted by molar-refractivity contribution is 6.00. The van der Waals surface area contributed by atoms with E-state index in [0.717, 1.165) is 6.42 Å². The van der Waals surface area contributed by atoms with Crippen LogP contribution < -0.4 is 20.5 Å². The van der Waals surface area contributed by atoms with Gasteiger partial charge in [0.2, 0.25) is 0 Å². The molecule has 0 saturated heterocycles. The van der Waals surface area contributed by atoms with Gasteiger partial charge >= 0.3 is 0 Å². The molecule has 0 aromatic heterocycles. The Kier molecular flexibility index (Phi) is 6.66. The molecule has 3 N–H and O–H groups in total. The number of hydrogen-bond donors (Lipinski definition) is 2. The minimum Gasteiger partial charge on any atom is -0.497 e. The number of anilines is 1. The molecular formula is C14H22N2O4. The lowest BCUT2D eigenvalue weighted by molar-refractivity contribution is 0.0944. The molecule has 0 heterocycles. The van der Waals surface area contributed by atoms with E-state index in [1.54, 1.807) is 12.1 Å². The SMILES string of the molecule is CCOCCCNC(=O)c1cc(OC)cc(OC)c1N. The molecule has 0 aliphatic heterocycles. The summed E-state index contributed by atoms with van der Waals surface area (Å²) in [6, 6.07) is 3.23. The first-order chi connectivity index (χ1) is 9.63. The fourth-order valence-electron chi connectivity index (χ4n) is 1.69. The maximum atomic E-state index is 12.1. The standard InChI is InChI=1S/C14H22N2O4/c1-4-20-7-5-6-16-14(17)11-8-10(18-2)9-12(19-3)13(11)15/h8-9H,4-7,15H2,1-3H3,(H,16,17). The molecule has 0 saturated carbocycles. The third kappa shape index (κ3) is 4.31. The minimum absolute atomic E-state index is 0.254. The average Bonchev–Trinajstić information content (AvgIpc) is 2.47. The number of nitrogen functional groups attached to an aromatic ring is 1. The Labute approximate surface area is 119 Å². The van der Waals surface area contributed by atoms with Gasteiger partial charge in [-0.3, -0.25) is 4.79 Å². The number of hydrogen-bond acceptors (Lipinski definition) is 5. The molecule has 1 aromatic rings. The van der Waals surface area contributed by atoms with Crippen molar-refractivity contribution < 1.29 is 19.0 Å². The molecule has 0 radical (unpaired) electrons. The van der Waals surface area contributed by atoms with E-state index in [1.165, 1.54) is 14.2 Å². The van der Waals surface area contributed by atoms with Crippen molar-refractivity contribution in [2.45, 2.75) is 13.3 Å². The molecule has 1 aromatic carbocycles. The van der Waals surface area contributed by atoms with Crippen molar-refractivity contribution in [2.75, 3.05) is 39.7 Å². The molecule has 0 unspecified atom stereocenters. The van der Waals surface area contributed by atoms with Gasteiger partial charge in [0, 0.05) is 25.8 Å². The van der Waals surface area contributed by atoms with Crippen molar-refractivity contribution in [3.8, 4) is 11.5 Å². The zero-order valence-electron chi connectivity index (χ0n) is 12.2. The van der Waals surface area contributed by atoms with Gasteiger partial charge in [0.25, 0.3) is 5.91 Å². The molecule has 0 fully saturated rings. The van der Waals surface area contributed by atoms with Crippen molar-refractivity contribution in [3.05, 3.63) is 17.7 Å². The molecule has 0 aliphatic rings. The summed E-state index contributed by atoms with van der Waals surface area (Å²) in [5.41, 5.74) is 6.55. The molecule has 6 nitrogen and oxygen atoms in total. The monoisotopic (exact) mass is 282 g/mol. The van der Waals surface area contributed by atoms with Gasteiger partial charge in [-0.15, -0.1) is 0 Å². The highest BCUT2D eigenvalue weighted by Gasteiger charge is 2.15. The molecule has 0 bridgehead atoms. The minimum atomic E-state index is -0.254. The van der Waals surface area contributed by atoms with E-state index in [-0.39, 0.29) is 5.91 Å². The molecule has 0 aliphatic carbocycles. The molecule has 112 valence electrons. The van der Waals surface area contributed by atoms with Crippen molar-refractivity contribution in [1.29, 1.82) is 0 Å². The van der Waals surface area contributed by atoms with Gasteiger partial charge in [0.05, 0.1) is 25.5 Å². The predicted octanol–water partition coefficient (Wildman–Crippen LogP) is 1.44. The molecular weight excluding hydrogens is 260 g/mol. The van der Waals surface area contributed by atoms with Crippen LogP contribution in [0.3, 0.4) is 0 Å². The number of carbonyl (C=O) groups is 1. The number of rotatable bonds is 8. The van der Waals surface area contributed by atoms with Gasteiger partial charge in [0.15, 0.2) is 0 Å². The maximum Gasteiger partial charge on any atom is 0.253 e. The Morgan fingerprint density at radius 3 is 2.65 bits per heavy atom. The van der Waals surface area contributed by atoms with Crippen LogP contribution in [0.2, 0.25) is 0 Å². The zero-order valence-corrected chi connectivity index (χ0v) is 12.2. The first kappa shape index (κ1) is 16.1. The molecule has 0 atom stereocenters. The van der Waals surface area contributed by atoms with Gasteiger partial charge < -0.3 is 25.3 Å². The first-order valence-electron chi connectivity index (χ1n) is 6.51. The fraction of sp³-hybridized carbons (Fsp3) is 0.500. The topological polar surface area (TPSA) is 82.8 Å². The van der Waals surface area contributed by atoms with E-state index in [0.29, 0.717) is 42.5 Å². The molecule has 20 heavy (non-hydrogen) atoms. The number of nitrogens with one attached hydrogen (secondary N) is 1. The maximum absolute atomic E-state index is 12.1. The average molecular weight is 282 g/mol. The largest absolute Gasteiger partial charge is 0.497 e. The van der Waals surface area contributed by atoms with Crippen molar-refractivity contribution in [1.82, 2.24) is 5.32 Å². The van der Waals surface area contributed by atoms with Crippen LogP contribution in [-0.2, 0) is 4.74 Å². The van der Waals surface area contributed by atoms with Gasteiger partial charge in [-0.2, -0.15) is 0 Å². The van der Waals surface area contributed by atoms with Crippen LogP contribution in [0.1, 0.15) is 23.7 Å². The van der Waals surface area contributed by atoms with E-state index in [1.807, 2.05) is 6.92 Å².